The maximum Gasteiger partial charge on any atom is 0.509 e. The maximum absolute atomic E-state index is 11.0. The van der Waals surface area contributed by atoms with Crippen LogP contribution < -0.4 is 0 Å². The van der Waals surface area contributed by atoms with Gasteiger partial charge in [-0.3, -0.25) is 0 Å². The summed E-state index contributed by atoms with van der Waals surface area (Å²) >= 11 is 0. The molecule has 2 fully saturated rings. The molecule has 2 aliphatic heterocycles. The van der Waals surface area contributed by atoms with Crippen molar-refractivity contribution in [2.24, 2.45) is 5.92 Å². The molecule has 5 atom stereocenters. The smallest absolute Gasteiger partial charge is 0.424 e. The molecule has 0 aromatic heterocycles. The van der Waals surface area contributed by atoms with Crippen LogP contribution in [0, 0.1) is 94.0 Å². The third-order valence-corrected chi connectivity index (χ3v) is 3.00. The summed E-state index contributed by atoms with van der Waals surface area (Å²) in [7, 11) is 0. The van der Waals surface area contributed by atoms with E-state index < -0.39 is 36.7 Å². The van der Waals surface area contributed by atoms with Crippen molar-refractivity contribution >= 4 is 6.16 Å². The van der Waals surface area contributed by atoms with Gasteiger partial charge < -0.3 is 24.4 Å². The fourth-order valence-electron chi connectivity index (χ4n) is 2.18. The molecule has 8 heteroatoms. The zero-order chi connectivity index (χ0) is 11.9. The van der Waals surface area contributed by atoms with Crippen molar-refractivity contribution in [2.45, 2.75) is 44.4 Å². The molecule has 2 rings (SSSR count). The van der Waals surface area contributed by atoms with Gasteiger partial charge in [-0.05, 0) is 5.92 Å². The molecule has 2 heterocycles. The Kier molecular flexibility index (Phi) is 9.43. The third-order valence-electron chi connectivity index (χ3n) is 3.00. The number of ether oxygens (including phenoxy) is 3. The van der Waals surface area contributed by atoms with Crippen molar-refractivity contribution in [3.63, 3.8) is 0 Å². The van der Waals surface area contributed by atoms with E-state index in [2.05, 4.69) is 0 Å². The second kappa shape index (κ2) is 8.47. The van der Waals surface area contributed by atoms with Crippen molar-refractivity contribution in [1.29, 1.82) is 0 Å². The van der Waals surface area contributed by atoms with Crippen molar-refractivity contribution < 1.29 is 117 Å². The van der Waals surface area contributed by atoms with Gasteiger partial charge in [0, 0.05) is 88.1 Å². The van der Waals surface area contributed by atoms with Crippen LogP contribution in [0.2, 0.25) is 0 Å². The summed E-state index contributed by atoms with van der Waals surface area (Å²) in [6.07, 6.45) is -4.30. The van der Waals surface area contributed by atoms with Crippen molar-refractivity contribution in [3.8, 4) is 0 Å². The van der Waals surface area contributed by atoms with E-state index in [1.807, 2.05) is 13.8 Å². The molecule has 98 valence electrons. The first kappa shape index (κ1) is 20.0. The molecule has 0 amide bonds. The molecule has 0 aromatic rings. The van der Waals surface area contributed by atoms with Gasteiger partial charge in [-0.2, -0.15) is 0 Å². The Bertz CT molecular complexity index is 288. The molecule has 0 bridgehead atoms. The summed E-state index contributed by atoms with van der Waals surface area (Å²) in [6, 6.07) is 0. The summed E-state index contributed by atoms with van der Waals surface area (Å²) in [6.45, 7) is 3.51. The molecule has 2 unspecified atom stereocenters. The molecule has 0 saturated carbocycles. The molecule has 0 aromatic carbocycles. The van der Waals surface area contributed by atoms with Gasteiger partial charge in [0.05, 0.1) is 12.7 Å². The Morgan fingerprint density at radius 2 is 1.78 bits per heavy atom. The quantitative estimate of drug-likeness (QED) is 0.388. The fraction of sp³-hybridized carbons (Fsp3) is 0.900. The van der Waals surface area contributed by atoms with Crippen LogP contribution in [0.4, 0.5) is 4.79 Å². The topological polar surface area (TPSA) is 85.2 Å². The van der Waals surface area contributed by atoms with Gasteiger partial charge in [0.25, 0.3) is 0 Å². The molecule has 0 aliphatic carbocycles. The van der Waals surface area contributed by atoms with Gasteiger partial charge in [0.15, 0.2) is 12.2 Å². The van der Waals surface area contributed by atoms with E-state index in [1.54, 1.807) is 0 Å². The number of carbonyl (C=O) groups is 1. The summed E-state index contributed by atoms with van der Waals surface area (Å²) in [5.74, 6) is 0.0595. The van der Waals surface area contributed by atoms with E-state index >= 15 is 0 Å². The monoisotopic (exact) mass is 686 g/mol. The van der Waals surface area contributed by atoms with Crippen LogP contribution in [-0.4, -0.2) is 53.5 Å². The number of hydrogen-bond donors (Lipinski definition) is 2. The molecular weight excluding hydrogens is 670 g/mol. The van der Waals surface area contributed by atoms with Crippen LogP contribution in [0.5, 0.6) is 0 Å². The normalized spacial score (nSPS) is 38.1. The summed E-state index contributed by atoms with van der Waals surface area (Å²) < 4.78 is 15.3. The Hall–Kier alpha value is 2.03. The fourth-order valence-corrected chi connectivity index (χ4v) is 2.18. The molecule has 2 aliphatic rings. The summed E-state index contributed by atoms with van der Waals surface area (Å²) in [4.78, 5) is 11.0. The van der Waals surface area contributed by atoms with Crippen LogP contribution in [0.15, 0.2) is 0 Å². The number of fused-ring (bicyclic) bond motifs is 1. The van der Waals surface area contributed by atoms with E-state index in [-0.39, 0.29) is 101 Å². The van der Waals surface area contributed by atoms with Gasteiger partial charge in [-0.25, -0.2) is 4.79 Å². The number of carbonyl (C=O) groups excluding carboxylic acids is 1. The largest absolute Gasteiger partial charge is 0.509 e. The van der Waals surface area contributed by atoms with E-state index in [0.717, 1.165) is 0 Å². The van der Waals surface area contributed by atoms with Crippen molar-refractivity contribution in [1.82, 2.24) is 0 Å². The van der Waals surface area contributed by atoms with E-state index in [1.165, 1.54) is 0 Å². The van der Waals surface area contributed by atoms with E-state index in [4.69, 9.17) is 19.3 Å². The van der Waals surface area contributed by atoms with Crippen molar-refractivity contribution in [2.75, 3.05) is 6.61 Å². The predicted molar refractivity (Wildman–Crippen MR) is 51.7 cm³/mol. The number of aliphatic hydroxyl groups excluding tert-OH is 2. The van der Waals surface area contributed by atoms with Gasteiger partial charge >= 0.3 is 6.16 Å². The van der Waals surface area contributed by atoms with Crippen LogP contribution in [-0.2, 0) is 14.2 Å². The first-order valence-corrected chi connectivity index (χ1v) is 5.36. The zero-order valence-corrected chi connectivity index (χ0v) is 19.8. The Labute approximate surface area is 177 Å². The zero-order valence-electron chi connectivity index (χ0n) is 10.4. The molecule has 2 radical (unpaired) electrons. The Morgan fingerprint density at radius 3 is 2.28 bits per heavy atom. The first-order valence-electron chi connectivity index (χ1n) is 5.36. The van der Waals surface area contributed by atoms with Gasteiger partial charge in [0.2, 0.25) is 0 Å². The predicted octanol–water partition coefficient (Wildman–Crippen LogP) is -0.333. The second-order valence-electron chi connectivity index (χ2n) is 4.47. The first-order chi connectivity index (χ1) is 7.54. The minimum absolute atomic E-state index is 0. The van der Waals surface area contributed by atoms with Crippen LogP contribution in [0.3, 0.4) is 0 Å². The van der Waals surface area contributed by atoms with Crippen LogP contribution >= 0.6 is 0 Å². The molecule has 2 saturated heterocycles. The summed E-state index contributed by atoms with van der Waals surface area (Å²) in [5, 5.41) is 19.1. The number of rotatable bonds is 2. The molecule has 18 heavy (non-hydrogen) atoms. The molecular formula is C10H16Ac2O6. The van der Waals surface area contributed by atoms with E-state index in [0.29, 0.717) is 0 Å². The maximum atomic E-state index is 11.0. The molecule has 6 nitrogen and oxygen atoms in total. The average molecular weight is 686 g/mol. The average Bonchev–Trinajstić information content (AvgIpc) is 2.60. The number of aliphatic hydroxyl groups is 2. The number of hydrogen-bond acceptors (Lipinski definition) is 6. The standard InChI is InChI=1S/C10H16O6.2Ac/c1-4(2)7-6(12)9-8(5(3-11)14-7)15-10(13)16-9;;/h4-9,11-12H,3H2,1-2H3;;/t5?,6?,7-,8+,9-;;/m1../s1. The van der Waals surface area contributed by atoms with Gasteiger partial charge in [0.1, 0.15) is 12.2 Å². The third kappa shape index (κ3) is 4.03. The second-order valence-corrected chi connectivity index (χ2v) is 4.47. The minimum Gasteiger partial charge on any atom is -0.424 e. The minimum atomic E-state index is -0.917. The van der Waals surface area contributed by atoms with Crippen LogP contribution in [0.1, 0.15) is 13.8 Å². The van der Waals surface area contributed by atoms with Gasteiger partial charge in [-0.15, -0.1) is 0 Å². The van der Waals surface area contributed by atoms with Crippen LogP contribution in [0.25, 0.3) is 0 Å². The molecule has 2 N–H and O–H groups in total. The Balaban J connectivity index is 0.00000144. The molecule has 0 spiro atoms. The SMILES string of the molecule is CC(C)[C@H]1OC(CO)[C@@H]2OC(=O)O[C@@H]2C1O.[Ac].[Ac]. The summed E-state index contributed by atoms with van der Waals surface area (Å²) in [5.41, 5.74) is 0. The Morgan fingerprint density at radius 1 is 1.22 bits per heavy atom. The van der Waals surface area contributed by atoms with Crippen molar-refractivity contribution in [3.05, 3.63) is 0 Å². The van der Waals surface area contributed by atoms with E-state index in [9.17, 15) is 9.90 Å². The van der Waals surface area contributed by atoms with Gasteiger partial charge in [-0.1, -0.05) is 13.8 Å².